The summed E-state index contributed by atoms with van der Waals surface area (Å²) in [6.45, 7) is 6.01. The van der Waals surface area contributed by atoms with Crippen LogP contribution in [0.3, 0.4) is 0 Å². The fourth-order valence-electron chi connectivity index (χ4n) is 2.95. The standard InChI is InChI=1S/C18H22N4O2/c1-13-12-16(14(2)19-13)17(23)21-8-10-22(11-9-21)18(24)20-15-6-4-3-5-7-15/h3-7,12,19H,8-11H2,1-2H3,(H,20,24). The molecule has 1 aliphatic rings. The fraction of sp³-hybridized carbons (Fsp3) is 0.333. The number of aromatic amines is 1. The van der Waals surface area contributed by atoms with E-state index in [9.17, 15) is 9.59 Å². The van der Waals surface area contributed by atoms with Crippen molar-refractivity contribution in [1.82, 2.24) is 14.8 Å². The monoisotopic (exact) mass is 326 g/mol. The average molecular weight is 326 g/mol. The van der Waals surface area contributed by atoms with E-state index in [2.05, 4.69) is 10.3 Å². The molecule has 1 aliphatic heterocycles. The highest BCUT2D eigenvalue weighted by atomic mass is 16.2. The molecule has 0 aliphatic carbocycles. The maximum Gasteiger partial charge on any atom is 0.321 e. The first-order chi connectivity index (χ1) is 11.5. The first kappa shape index (κ1) is 16.1. The quantitative estimate of drug-likeness (QED) is 0.891. The number of para-hydroxylation sites is 1. The van der Waals surface area contributed by atoms with Gasteiger partial charge in [-0.25, -0.2) is 4.79 Å². The summed E-state index contributed by atoms with van der Waals surface area (Å²) in [5, 5.41) is 2.88. The largest absolute Gasteiger partial charge is 0.362 e. The van der Waals surface area contributed by atoms with Crippen molar-refractivity contribution in [2.24, 2.45) is 0 Å². The molecule has 6 heteroatoms. The Morgan fingerprint density at radius 1 is 1.00 bits per heavy atom. The third-order valence-electron chi connectivity index (χ3n) is 4.26. The zero-order valence-electron chi connectivity index (χ0n) is 14.0. The number of amides is 3. The Morgan fingerprint density at radius 3 is 2.21 bits per heavy atom. The van der Waals surface area contributed by atoms with Gasteiger partial charge in [-0.15, -0.1) is 0 Å². The molecule has 2 N–H and O–H groups in total. The van der Waals surface area contributed by atoms with Gasteiger partial charge in [-0.3, -0.25) is 4.79 Å². The first-order valence-electron chi connectivity index (χ1n) is 8.11. The molecule has 1 fully saturated rings. The van der Waals surface area contributed by atoms with Crippen LogP contribution in [-0.2, 0) is 0 Å². The second-order valence-electron chi connectivity index (χ2n) is 6.07. The number of aryl methyl sites for hydroxylation is 2. The molecular weight excluding hydrogens is 304 g/mol. The van der Waals surface area contributed by atoms with Crippen LogP contribution in [0.25, 0.3) is 0 Å². The second-order valence-corrected chi connectivity index (χ2v) is 6.07. The lowest BCUT2D eigenvalue weighted by molar-refractivity contribution is 0.0671. The van der Waals surface area contributed by atoms with Crippen molar-refractivity contribution in [3.05, 3.63) is 53.3 Å². The summed E-state index contributed by atoms with van der Waals surface area (Å²) >= 11 is 0. The van der Waals surface area contributed by atoms with E-state index in [1.807, 2.05) is 55.1 Å². The van der Waals surface area contributed by atoms with Crippen molar-refractivity contribution in [3.63, 3.8) is 0 Å². The molecule has 0 unspecified atom stereocenters. The van der Waals surface area contributed by atoms with Crippen LogP contribution in [0.15, 0.2) is 36.4 Å². The molecule has 0 radical (unpaired) electrons. The van der Waals surface area contributed by atoms with E-state index in [0.29, 0.717) is 26.2 Å². The van der Waals surface area contributed by atoms with E-state index in [0.717, 1.165) is 22.6 Å². The Kier molecular flexibility index (Phi) is 4.55. The number of urea groups is 1. The summed E-state index contributed by atoms with van der Waals surface area (Å²) < 4.78 is 0. The molecule has 0 saturated carbocycles. The Morgan fingerprint density at radius 2 is 1.62 bits per heavy atom. The smallest absolute Gasteiger partial charge is 0.321 e. The normalized spacial score (nSPS) is 14.6. The summed E-state index contributed by atoms with van der Waals surface area (Å²) in [5.74, 6) is 0.0277. The number of hydrogen-bond acceptors (Lipinski definition) is 2. The summed E-state index contributed by atoms with van der Waals surface area (Å²) in [4.78, 5) is 31.6. The van der Waals surface area contributed by atoms with Crippen molar-refractivity contribution in [1.29, 1.82) is 0 Å². The van der Waals surface area contributed by atoms with Crippen LogP contribution in [-0.4, -0.2) is 52.9 Å². The number of nitrogens with zero attached hydrogens (tertiary/aromatic N) is 2. The maximum absolute atomic E-state index is 12.6. The van der Waals surface area contributed by atoms with Crippen molar-refractivity contribution in [2.45, 2.75) is 13.8 Å². The van der Waals surface area contributed by atoms with E-state index >= 15 is 0 Å². The number of carbonyl (C=O) groups is 2. The van der Waals surface area contributed by atoms with Gasteiger partial charge >= 0.3 is 6.03 Å². The predicted octanol–water partition coefficient (Wildman–Crippen LogP) is 2.62. The summed E-state index contributed by atoms with van der Waals surface area (Å²) in [7, 11) is 0. The lowest BCUT2D eigenvalue weighted by Gasteiger charge is -2.34. The van der Waals surface area contributed by atoms with E-state index < -0.39 is 0 Å². The topological polar surface area (TPSA) is 68.4 Å². The molecule has 3 rings (SSSR count). The molecule has 0 bridgehead atoms. The molecule has 6 nitrogen and oxygen atoms in total. The number of carbonyl (C=O) groups excluding carboxylic acids is 2. The van der Waals surface area contributed by atoms with Crippen molar-refractivity contribution < 1.29 is 9.59 Å². The molecule has 1 aromatic carbocycles. The number of H-pyrrole nitrogens is 1. The second kappa shape index (κ2) is 6.78. The van der Waals surface area contributed by atoms with Crippen molar-refractivity contribution in [2.75, 3.05) is 31.5 Å². The third-order valence-corrected chi connectivity index (χ3v) is 4.26. The van der Waals surface area contributed by atoms with E-state index in [-0.39, 0.29) is 11.9 Å². The van der Waals surface area contributed by atoms with Crippen LogP contribution in [0.1, 0.15) is 21.7 Å². The zero-order valence-corrected chi connectivity index (χ0v) is 14.0. The first-order valence-corrected chi connectivity index (χ1v) is 8.11. The Balaban J connectivity index is 1.56. The minimum absolute atomic E-state index is 0.0277. The van der Waals surface area contributed by atoms with Gasteiger partial charge in [-0.05, 0) is 32.0 Å². The molecule has 24 heavy (non-hydrogen) atoms. The number of nitrogens with one attached hydrogen (secondary N) is 2. The summed E-state index contributed by atoms with van der Waals surface area (Å²) in [6, 6.07) is 11.1. The van der Waals surface area contributed by atoms with E-state index in [1.54, 1.807) is 4.90 Å². The molecule has 1 aromatic heterocycles. The van der Waals surface area contributed by atoms with Gasteiger partial charge in [0.05, 0.1) is 5.56 Å². The van der Waals surface area contributed by atoms with Crippen LogP contribution in [0.4, 0.5) is 10.5 Å². The molecule has 126 valence electrons. The van der Waals surface area contributed by atoms with Gasteiger partial charge in [0.2, 0.25) is 0 Å². The van der Waals surface area contributed by atoms with Crippen molar-refractivity contribution in [3.8, 4) is 0 Å². The Labute approximate surface area is 141 Å². The predicted molar refractivity (Wildman–Crippen MR) is 93.2 cm³/mol. The SMILES string of the molecule is Cc1cc(C(=O)N2CCN(C(=O)Nc3ccccc3)CC2)c(C)[nH]1. The van der Waals surface area contributed by atoms with Gasteiger partial charge in [0.15, 0.2) is 0 Å². The van der Waals surface area contributed by atoms with Crippen LogP contribution in [0.5, 0.6) is 0 Å². The highest BCUT2D eigenvalue weighted by Gasteiger charge is 2.26. The van der Waals surface area contributed by atoms with Gasteiger partial charge in [0.1, 0.15) is 0 Å². The van der Waals surface area contributed by atoms with Crippen LogP contribution in [0, 0.1) is 13.8 Å². The molecule has 0 spiro atoms. The molecule has 3 amide bonds. The molecule has 2 aromatic rings. The van der Waals surface area contributed by atoms with Gasteiger partial charge in [-0.1, -0.05) is 18.2 Å². The van der Waals surface area contributed by atoms with E-state index in [4.69, 9.17) is 0 Å². The van der Waals surface area contributed by atoms with Crippen LogP contribution < -0.4 is 5.32 Å². The number of aromatic nitrogens is 1. The summed E-state index contributed by atoms with van der Waals surface area (Å²) in [6.07, 6.45) is 0. The minimum atomic E-state index is -0.123. The zero-order chi connectivity index (χ0) is 17.1. The van der Waals surface area contributed by atoms with Gasteiger partial charge in [0.25, 0.3) is 5.91 Å². The number of piperazine rings is 1. The fourth-order valence-corrected chi connectivity index (χ4v) is 2.95. The number of benzene rings is 1. The number of anilines is 1. The van der Waals surface area contributed by atoms with Gasteiger partial charge < -0.3 is 20.1 Å². The molecule has 1 saturated heterocycles. The average Bonchev–Trinajstić information content (AvgIpc) is 2.93. The number of rotatable bonds is 2. The van der Waals surface area contributed by atoms with Crippen LogP contribution in [0.2, 0.25) is 0 Å². The van der Waals surface area contributed by atoms with Crippen LogP contribution >= 0.6 is 0 Å². The molecule has 0 atom stereocenters. The summed E-state index contributed by atoms with van der Waals surface area (Å²) in [5.41, 5.74) is 3.37. The minimum Gasteiger partial charge on any atom is -0.362 e. The Hall–Kier alpha value is -2.76. The van der Waals surface area contributed by atoms with Gasteiger partial charge in [0, 0.05) is 43.3 Å². The lowest BCUT2D eigenvalue weighted by Crippen LogP contribution is -2.51. The Bertz CT molecular complexity index is 731. The van der Waals surface area contributed by atoms with Crippen molar-refractivity contribution >= 4 is 17.6 Å². The van der Waals surface area contributed by atoms with Gasteiger partial charge in [-0.2, -0.15) is 0 Å². The molecule has 2 heterocycles. The van der Waals surface area contributed by atoms with E-state index in [1.165, 1.54) is 0 Å². The maximum atomic E-state index is 12.6. The third kappa shape index (κ3) is 3.42. The highest BCUT2D eigenvalue weighted by molar-refractivity contribution is 5.96. The lowest BCUT2D eigenvalue weighted by atomic mass is 10.2. The highest BCUT2D eigenvalue weighted by Crippen LogP contribution is 2.15. The number of hydrogen-bond donors (Lipinski definition) is 2. The molecular formula is C18H22N4O2.